The van der Waals surface area contributed by atoms with Crippen LogP contribution < -0.4 is 10.5 Å². The smallest absolute Gasteiger partial charge is 0.409 e. The normalized spacial score (nSPS) is 21.3. The number of anilines is 1. The molecule has 3 fully saturated rings. The monoisotopic (exact) mass is 556 g/mol. The largest absolute Gasteiger partial charge is 0.450 e. The Labute approximate surface area is 231 Å². The van der Waals surface area contributed by atoms with E-state index in [1.807, 2.05) is 31.2 Å². The van der Waals surface area contributed by atoms with Crippen LogP contribution in [0.15, 0.2) is 34.0 Å². The van der Waals surface area contributed by atoms with Gasteiger partial charge in [-0.1, -0.05) is 42.2 Å². The van der Waals surface area contributed by atoms with Gasteiger partial charge in [-0.25, -0.2) is 4.79 Å². The lowest BCUT2D eigenvalue weighted by atomic mass is 10.0. The Bertz CT molecular complexity index is 1340. The number of aromatic nitrogens is 1. The van der Waals surface area contributed by atoms with Crippen molar-refractivity contribution in [3.05, 3.63) is 45.1 Å². The number of aryl methyl sites for hydroxylation is 1. The van der Waals surface area contributed by atoms with E-state index in [9.17, 15) is 14.4 Å². The maximum Gasteiger partial charge on any atom is 0.409 e. The van der Waals surface area contributed by atoms with Crippen LogP contribution in [0.4, 0.5) is 10.5 Å². The Kier molecular flexibility index (Phi) is 8.06. The molecule has 1 unspecified atom stereocenters. The van der Waals surface area contributed by atoms with Crippen LogP contribution in [0.25, 0.3) is 17.0 Å². The number of amides is 2. The van der Waals surface area contributed by atoms with Gasteiger partial charge in [-0.2, -0.15) is 0 Å². The van der Waals surface area contributed by atoms with Crippen LogP contribution in [0.2, 0.25) is 0 Å². The van der Waals surface area contributed by atoms with E-state index >= 15 is 0 Å². The summed E-state index contributed by atoms with van der Waals surface area (Å²) in [6.45, 7) is 7.73. The second-order valence-corrected chi connectivity index (χ2v) is 11.1. The SMILES string of the molecule is CCOC(=O)N1CCN(c2c(C=C3SC(=S)N(CC4CCCO4)C3=O)c(=O)n(CC)c3ccccc23)CC1. The number of thioether (sulfide) groups is 1. The molecule has 3 saturated heterocycles. The quantitative estimate of drug-likeness (QED) is 0.394. The first-order valence-corrected chi connectivity index (χ1v) is 14.3. The molecule has 38 heavy (non-hydrogen) atoms. The van der Waals surface area contributed by atoms with Crippen molar-refractivity contribution in [2.45, 2.75) is 39.3 Å². The number of hydrogen-bond donors (Lipinski definition) is 0. The molecule has 11 heteroatoms. The van der Waals surface area contributed by atoms with Gasteiger partial charge in [0.2, 0.25) is 0 Å². The van der Waals surface area contributed by atoms with E-state index in [1.54, 1.807) is 27.4 Å². The number of benzene rings is 1. The number of hydrogen-bond acceptors (Lipinski definition) is 8. The molecule has 9 nitrogen and oxygen atoms in total. The zero-order chi connectivity index (χ0) is 26.8. The second-order valence-electron chi connectivity index (χ2n) is 9.43. The van der Waals surface area contributed by atoms with Crippen molar-refractivity contribution < 1.29 is 19.1 Å². The molecule has 3 aliphatic rings. The highest BCUT2D eigenvalue weighted by atomic mass is 32.2. The average Bonchev–Trinajstić information content (AvgIpc) is 3.53. The molecule has 1 aromatic heterocycles. The molecule has 0 bridgehead atoms. The van der Waals surface area contributed by atoms with Gasteiger partial charge in [-0.15, -0.1) is 0 Å². The van der Waals surface area contributed by atoms with Crippen LogP contribution in [-0.2, 0) is 20.8 Å². The van der Waals surface area contributed by atoms with E-state index in [2.05, 4.69) is 4.90 Å². The van der Waals surface area contributed by atoms with Gasteiger partial charge in [0, 0.05) is 44.7 Å². The van der Waals surface area contributed by atoms with Crippen LogP contribution >= 0.6 is 24.0 Å². The summed E-state index contributed by atoms with van der Waals surface area (Å²) in [5.41, 5.74) is 1.93. The molecule has 5 rings (SSSR count). The van der Waals surface area contributed by atoms with E-state index in [-0.39, 0.29) is 23.7 Å². The van der Waals surface area contributed by atoms with E-state index in [0.717, 1.165) is 29.4 Å². The highest BCUT2D eigenvalue weighted by Crippen LogP contribution is 2.37. The van der Waals surface area contributed by atoms with Gasteiger partial charge in [0.15, 0.2) is 0 Å². The Morgan fingerprint density at radius 3 is 2.63 bits per heavy atom. The molecule has 1 atom stereocenters. The fourth-order valence-corrected chi connectivity index (χ4v) is 6.56. The highest BCUT2D eigenvalue weighted by Gasteiger charge is 2.35. The summed E-state index contributed by atoms with van der Waals surface area (Å²) < 4.78 is 13.1. The zero-order valence-corrected chi connectivity index (χ0v) is 23.3. The Morgan fingerprint density at radius 2 is 1.95 bits per heavy atom. The summed E-state index contributed by atoms with van der Waals surface area (Å²) in [5, 5.41) is 0.930. The van der Waals surface area contributed by atoms with Gasteiger partial charge in [-0.05, 0) is 38.8 Å². The number of rotatable bonds is 6. The molecule has 3 aliphatic heterocycles. The fourth-order valence-electron chi connectivity index (χ4n) is 5.30. The van der Waals surface area contributed by atoms with E-state index in [0.29, 0.717) is 67.3 Å². The number of nitrogens with zero attached hydrogens (tertiary/aromatic N) is 4. The lowest BCUT2D eigenvalue weighted by Gasteiger charge is -2.37. The van der Waals surface area contributed by atoms with Crippen molar-refractivity contribution in [3.63, 3.8) is 0 Å². The molecular formula is C27H32N4O5S2. The molecule has 202 valence electrons. The third kappa shape index (κ3) is 5.06. The minimum atomic E-state index is -0.325. The molecule has 0 radical (unpaired) electrons. The number of pyridine rings is 1. The maximum absolute atomic E-state index is 13.9. The van der Waals surface area contributed by atoms with Crippen molar-refractivity contribution in [2.75, 3.05) is 50.8 Å². The second kappa shape index (κ2) is 11.5. The lowest BCUT2D eigenvalue weighted by molar-refractivity contribution is -0.123. The molecule has 0 aliphatic carbocycles. The number of carbonyl (C=O) groups excluding carboxylic acids is 2. The van der Waals surface area contributed by atoms with Crippen LogP contribution in [0.1, 0.15) is 32.3 Å². The number of thiocarbonyl (C=S) groups is 1. The van der Waals surface area contributed by atoms with Crippen LogP contribution in [0.3, 0.4) is 0 Å². The highest BCUT2D eigenvalue weighted by molar-refractivity contribution is 8.26. The van der Waals surface area contributed by atoms with Gasteiger partial charge in [-0.3, -0.25) is 14.5 Å². The van der Waals surface area contributed by atoms with Crippen molar-refractivity contribution in [1.29, 1.82) is 0 Å². The summed E-state index contributed by atoms with van der Waals surface area (Å²) in [5.74, 6) is -0.191. The number of para-hydroxylation sites is 1. The van der Waals surface area contributed by atoms with Crippen LogP contribution in [0.5, 0.6) is 0 Å². The average molecular weight is 557 g/mol. The van der Waals surface area contributed by atoms with Crippen molar-refractivity contribution in [2.24, 2.45) is 0 Å². The summed E-state index contributed by atoms with van der Waals surface area (Å²) in [6.07, 6.45) is 3.26. The van der Waals surface area contributed by atoms with Gasteiger partial charge in [0.25, 0.3) is 11.5 Å². The van der Waals surface area contributed by atoms with Gasteiger partial charge in [0.05, 0.1) is 40.9 Å². The standard InChI is InChI=1S/C27H32N4O5S2/c1-3-30-21-10-6-5-9-19(21)23(28-11-13-29(14-12-28)26(34)35-4-2)20(24(30)32)16-22-25(33)31(27(37)38-22)17-18-8-7-15-36-18/h5-6,9-10,16,18H,3-4,7-8,11-15,17H2,1-2H3. The van der Waals surface area contributed by atoms with Crippen LogP contribution in [-0.4, -0.2) is 82.7 Å². The predicted molar refractivity (Wildman–Crippen MR) is 154 cm³/mol. The van der Waals surface area contributed by atoms with Gasteiger partial charge < -0.3 is 23.8 Å². The first-order valence-electron chi connectivity index (χ1n) is 13.1. The van der Waals surface area contributed by atoms with Gasteiger partial charge in [0.1, 0.15) is 4.32 Å². The van der Waals surface area contributed by atoms with Crippen molar-refractivity contribution in [1.82, 2.24) is 14.4 Å². The zero-order valence-electron chi connectivity index (χ0n) is 21.7. The van der Waals surface area contributed by atoms with E-state index in [4.69, 9.17) is 21.7 Å². The summed E-state index contributed by atoms with van der Waals surface area (Å²) >= 11 is 6.78. The predicted octanol–water partition coefficient (Wildman–Crippen LogP) is 3.68. The molecule has 0 saturated carbocycles. The van der Waals surface area contributed by atoms with Crippen molar-refractivity contribution >= 4 is 63.0 Å². The molecule has 2 aromatic rings. The third-order valence-electron chi connectivity index (χ3n) is 7.18. The first kappa shape index (κ1) is 26.7. The summed E-state index contributed by atoms with van der Waals surface area (Å²) in [4.78, 5) is 45.4. The Hall–Kier alpha value is -2.89. The van der Waals surface area contributed by atoms with E-state index in [1.165, 1.54) is 11.8 Å². The molecule has 4 heterocycles. The molecular weight excluding hydrogens is 524 g/mol. The molecule has 0 spiro atoms. The minimum absolute atomic E-state index is 0.0129. The minimum Gasteiger partial charge on any atom is -0.450 e. The Morgan fingerprint density at radius 1 is 1.18 bits per heavy atom. The lowest BCUT2D eigenvalue weighted by Crippen LogP contribution is -2.49. The molecule has 0 N–H and O–H groups in total. The summed E-state index contributed by atoms with van der Waals surface area (Å²) in [7, 11) is 0. The Balaban J connectivity index is 1.55. The first-order chi connectivity index (χ1) is 18.4. The van der Waals surface area contributed by atoms with E-state index < -0.39 is 0 Å². The number of piperazine rings is 1. The van der Waals surface area contributed by atoms with Gasteiger partial charge >= 0.3 is 6.09 Å². The molecule has 2 amide bonds. The van der Waals surface area contributed by atoms with Crippen LogP contribution in [0, 0.1) is 0 Å². The van der Waals surface area contributed by atoms with Crippen molar-refractivity contribution in [3.8, 4) is 0 Å². The molecule has 1 aromatic carbocycles. The maximum atomic E-state index is 13.9. The fraction of sp³-hybridized carbons (Fsp3) is 0.481. The summed E-state index contributed by atoms with van der Waals surface area (Å²) in [6, 6.07) is 7.83. The topological polar surface area (TPSA) is 84.3 Å². The third-order valence-corrected chi connectivity index (χ3v) is 8.56. The number of fused-ring (bicyclic) bond motifs is 1. The number of ether oxygens (including phenoxy) is 2. The number of carbonyl (C=O) groups is 2.